The van der Waals surface area contributed by atoms with E-state index < -0.39 is 10.0 Å². The number of benzene rings is 2. The Kier molecular flexibility index (Phi) is 4.66. The van der Waals surface area contributed by atoms with Gasteiger partial charge in [0.15, 0.2) is 5.65 Å². The van der Waals surface area contributed by atoms with Crippen molar-refractivity contribution in [1.82, 2.24) is 14.2 Å². The Hall–Kier alpha value is -3.10. The van der Waals surface area contributed by atoms with E-state index in [-0.39, 0.29) is 17.1 Å². The lowest BCUT2D eigenvalue weighted by Gasteiger charge is -2.10. The van der Waals surface area contributed by atoms with Crippen LogP contribution < -0.4 is 10.4 Å². The van der Waals surface area contributed by atoms with Gasteiger partial charge < -0.3 is 0 Å². The number of aromatic nitrogens is 3. The standard InChI is InChI=1S/C19H15ClN4O3S/c20-15-6-4-8-17(12-15)28(26,27)22-16-7-3-5-14(11-16)13-24-19(25)23-10-2-1-9-18(23)21-24/h1-12,22H,13H2. The van der Waals surface area contributed by atoms with E-state index in [1.165, 1.54) is 21.2 Å². The molecule has 4 aromatic rings. The summed E-state index contributed by atoms with van der Waals surface area (Å²) in [6.45, 7) is 0.216. The van der Waals surface area contributed by atoms with Crippen LogP contribution in [0.15, 0.2) is 82.6 Å². The summed E-state index contributed by atoms with van der Waals surface area (Å²) in [4.78, 5) is 12.5. The molecule has 0 saturated heterocycles. The van der Waals surface area contributed by atoms with Crippen molar-refractivity contribution >= 4 is 33.0 Å². The Labute approximate surface area is 165 Å². The van der Waals surface area contributed by atoms with Gasteiger partial charge in [-0.1, -0.05) is 35.9 Å². The minimum absolute atomic E-state index is 0.0713. The molecule has 0 saturated carbocycles. The summed E-state index contributed by atoms with van der Waals surface area (Å²) in [7, 11) is -3.78. The molecular weight excluding hydrogens is 400 g/mol. The molecule has 0 bridgehead atoms. The first-order valence-corrected chi connectivity index (χ1v) is 10.2. The van der Waals surface area contributed by atoms with Gasteiger partial charge in [-0.15, -0.1) is 5.10 Å². The van der Waals surface area contributed by atoms with E-state index in [1.54, 1.807) is 60.8 Å². The zero-order chi connectivity index (χ0) is 19.7. The third-order valence-electron chi connectivity index (χ3n) is 4.11. The predicted molar refractivity (Wildman–Crippen MR) is 107 cm³/mol. The summed E-state index contributed by atoms with van der Waals surface area (Å²) < 4.78 is 30.4. The highest BCUT2D eigenvalue weighted by molar-refractivity contribution is 7.92. The van der Waals surface area contributed by atoms with Crippen LogP contribution in [0.3, 0.4) is 0 Å². The van der Waals surface area contributed by atoms with Gasteiger partial charge in [-0.3, -0.25) is 9.12 Å². The summed E-state index contributed by atoms with van der Waals surface area (Å²) in [6, 6.07) is 18.1. The van der Waals surface area contributed by atoms with Crippen molar-refractivity contribution in [2.24, 2.45) is 0 Å². The number of pyridine rings is 1. The van der Waals surface area contributed by atoms with Gasteiger partial charge in [-0.2, -0.15) is 0 Å². The molecule has 9 heteroatoms. The Morgan fingerprint density at radius 2 is 1.82 bits per heavy atom. The van der Waals surface area contributed by atoms with E-state index >= 15 is 0 Å². The zero-order valence-corrected chi connectivity index (χ0v) is 16.1. The molecule has 0 aliphatic rings. The van der Waals surface area contributed by atoms with Crippen molar-refractivity contribution in [2.75, 3.05) is 4.72 Å². The van der Waals surface area contributed by atoms with Crippen molar-refractivity contribution in [3.8, 4) is 0 Å². The van der Waals surface area contributed by atoms with E-state index in [1.807, 2.05) is 0 Å². The van der Waals surface area contributed by atoms with Crippen LogP contribution >= 0.6 is 11.6 Å². The third kappa shape index (κ3) is 3.64. The Bertz CT molecular complexity index is 1330. The minimum atomic E-state index is -3.78. The van der Waals surface area contributed by atoms with E-state index in [0.29, 0.717) is 16.4 Å². The Balaban J connectivity index is 1.61. The van der Waals surface area contributed by atoms with E-state index in [0.717, 1.165) is 5.56 Å². The van der Waals surface area contributed by atoms with Crippen molar-refractivity contribution in [3.63, 3.8) is 0 Å². The van der Waals surface area contributed by atoms with Crippen LogP contribution in [0.25, 0.3) is 5.65 Å². The smallest absolute Gasteiger partial charge is 0.280 e. The zero-order valence-electron chi connectivity index (χ0n) is 14.5. The molecule has 142 valence electrons. The van der Waals surface area contributed by atoms with Crippen molar-refractivity contribution in [3.05, 3.63) is 94.0 Å². The summed E-state index contributed by atoms with van der Waals surface area (Å²) >= 11 is 5.88. The Morgan fingerprint density at radius 1 is 1.00 bits per heavy atom. The summed E-state index contributed by atoms with van der Waals surface area (Å²) in [5.41, 5.74) is 1.40. The molecule has 0 amide bonds. The molecule has 0 unspecified atom stereocenters. The number of nitrogens with one attached hydrogen (secondary N) is 1. The van der Waals surface area contributed by atoms with Crippen molar-refractivity contribution in [2.45, 2.75) is 11.4 Å². The van der Waals surface area contributed by atoms with Crippen LogP contribution in [-0.2, 0) is 16.6 Å². The number of hydrogen-bond donors (Lipinski definition) is 1. The lowest BCUT2D eigenvalue weighted by atomic mass is 10.2. The maximum absolute atomic E-state index is 12.6. The summed E-state index contributed by atoms with van der Waals surface area (Å²) in [5, 5.41) is 4.62. The van der Waals surface area contributed by atoms with Crippen LogP contribution in [0.4, 0.5) is 5.69 Å². The predicted octanol–water partition coefficient (Wildman–Crippen LogP) is 3.00. The minimum Gasteiger partial charge on any atom is -0.280 e. The van der Waals surface area contributed by atoms with Crippen LogP contribution in [0, 0.1) is 0 Å². The molecule has 2 heterocycles. The maximum Gasteiger partial charge on any atom is 0.350 e. The molecule has 0 radical (unpaired) electrons. The molecule has 0 spiro atoms. The first-order valence-electron chi connectivity index (χ1n) is 8.34. The highest BCUT2D eigenvalue weighted by Gasteiger charge is 2.15. The number of anilines is 1. The highest BCUT2D eigenvalue weighted by Crippen LogP contribution is 2.20. The van der Waals surface area contributed by atoms with Gasteiger partial charge in [0, 0.05) is 16.9 Å². The van der Waals surface area contributed by atoms with Crippen LogP contribution in [-0.4, -0.2) is 22.6 Å². The molecule has 0 atom stereocenters. The number of halogens is 1. The number of hydrogen-bond acceptors (Lipinski definition) is 4. The van der Waals surface area contributed by atoms with Crippen LogP contribution in [0.2, 0.25) is 5.02 Å². The topological polar surface area (TPSA) is 85.5 Å². The van der Waals surface area contributed by atoms with Gasteiger partial charge in [-0.25, -0.2) is 17.9 Å². The van der Waals surface area contributed by atoms with Gasteiger partial charge in [0.25, 0.3) is 10.0 Å². The van der Waals surface area contributed by atoms with Gasteiger partial charge in [0.1, 0.15) is 0 Å². The van der Waals surface area contributed by atoms with Gasteiger partial charge in [0.2, 0.25) is 0 Å². The molecule has 28 heavy (non-hydrogen) atoms. The van der Waals surface area contributed by atoms with Crippen molar-refractivity contribution in [1.29, 1.82) is 0 Å². The molecule has 2 aromatic carbocycles. The van der Waals surface area contributed by atoms with Crippen LogP contribution in [0.1, 0.15) is 5.56 Å². The number of rotatable bonds is 5. The highest BCUT2D eigenvalue weighted by atomic mass is 35.5. The normalized spacial score (nSPS) is 11.6. The quantitative estimate of drug-likeness (QED) is 0.544. The second-order valence-corrected chi connectivity index (χ2v) is 8.25. The lowest BCUT2D eigenvalue weighted by Crippen LogP contribution is -2.21. The average molecular weight is 415 g/mol. The largest absolute Gasteiger partial charge is 0.350 e. The fraction of sp³-hybridized carbons (Fsp3) is 0.0526. The van der Waals surface area contributed by atoms with Crippen LogP contribution in [0.5, 0.6) is 0 Å². The molecule has 0 fully saturated rings. The van der Waals surface area contributed by atoms with Gasteiger partial charge in [-0.05, 0) is 48.0 Å². The Morgan fingerprint density at radius 3 is 2.61 bits per heavy atom. The third-order valence-corrected chi connectivity index (χ3v) is 5.72. The monoisotopic (exact) mass is 414 g/mol. The first-order chi connectivity index (χ1) is 13.4. The number of fused-ring (bicyclic) bond motifs is 1. The second-order valence-electron chi connectivity index (χ2n) is 6.13. The van der Waals surface area contributed by atoms with Gasteiger partial charge in [0.05, 0.1) is 11.4 Å². The molecule has 0 aliphatic heterocycles. The average Bonchev–Trinajstić information content (AvgIpc) is 2.98. The van der Waals surface area contributed by atoms with Gasteiger partial charge >= 0.3 is 5.69 Å². The van der Waals surface area contributed by atoms with E-state index in [4.69, 9.17) is 11.6 Å². The fourth-order valence-electron chi connectivity index (χ4n) is 2.83. The van der Waals surface area contributed by atoms with Crippen molar-refractivity contribution < 1.29 is 8.42 Å². The first kappa shape index (κ1) is 18.3. The SMILES string of the molecule is O=c1n(Cc2cccc(NS(=O)(=O)c3cccc(Cl)c3)c2)nc2ccccn12. The maximum atomic E-state index is 12.6. The summed E-state index contributed by atoms with van der Waals surface area (Å²) in [5.74, 6) is 0. The molecular formula is C19H15ClN4O3S. The number of sulfonamides is 1. The number of nitrogens with zero attached hydrogens (tertiary/aromatic N) is 3. The fourth-order valence-corrected chi connectivity index (χ4v) is 4.18. The van der Waals surface area contributed by atoms with E-state index in [2.05, 4.69) is 9.82 Å². The lowest BCUT2D eigenvalue weighted by molar-refractivity contribution is 0.601. The summed E-state index contributed by atoms with van der Waals surface area (Å²) in [6.07, 6.45) is 1.65. The molecule has 7 nitrogen and oxygen atoms in total. The molecule has 4 rings (SSSR count). The molecule has 0 aliphatic carbocycles. The van der Waals surface area contributed by atoms with E-state index in [9.17, 15) is 13.2 Å². The second kappa shape index (κ2) is 7.14. The molecule has 1 N–H and O–H groups in total. The molecule has 2 aromatic heterocycles.